The van der Waals surface area contributed by atoms with Crippen LogP contribution in [0, 0.1) is 5.41 Å². The van der Waals surface area contributed by atoms with Gasteiger partial charge in [-0.25, -0.2) is 4.21 Å². The van der Waals surface area contributed by atoms with Gasteiger partial charge in [0.2, 0.25) is 0 Å². The molecule has 0 rings (SSSR count). The van der Waals surface area contributed by atoms with Gasteiger partial charge in [-0.1, -0.05) is 0 Å². The van der Waals surface area contributed by atoms with E-state index in [2.05, 4.69) is 0 Å². The third-order valence-corrected chi connectivity index (χ3v) is 0.837. The fraction of sp³-hybridized carbons (Fsp3) is 0.500. The zero-order valence-electron chi connectivity index (χ0n) is 3.55. The predicted molar refractivity (Wildman–Crippen MR) is 27.6 cm³/mol. The minimum absolute atomic E-state index is 0.250. The highest BCUT2D eigenvalue weighted by Gasteiger charge is 1.92. The quantitative estimate of drug-likeness (QED) is 0.253. The number of nitrogens with two attached hydrogens (primary N) is 1. The molecule has 0 aliphatic heterocycles. The Kier molecular flexibility index (Phi) is 2.54. The van der Waals surface area contributed by atoms with Crippen molar-refractivity contribution in [2.45, 2.75) is 0 Å². The van der Waals surface area contributed by atoms with E-state index in [-0.39, 0.29) is 11.6 Å². The highest BCUT2D eigenvalue weighted by molar-refractivity contribution is 7.80. The molecule has 5 heteroatoms. The van der Waals surface area contributed by atoms with Crippen molar-refractivity contribution < 1.29 is 8.76 Å². The van der Waals surface area contributed by atoms with Crippen LogP contribution in [0.4, 0.5) is 0 Å². The molecule has 0 saturated heterocycles. The number of amidine groups is 1. The van der Waals surface area contributed by atoms with Gasteiger partial charge in [0, 0.05) is 0 Å². The maximum Gasteiger partial charge on any atom is 0.160 e. The normalized spacial score (nSPS) is 13.3. The van der Waals surface area contributed by atoms with Crippen LogP contribution in [-0.4, -0.2) is 20.4 Å². The molecule has 0 aliphatic carbocycles. The van der Waals surface area contributed by atoms with E-state index >= 15 is 0 Å². The molecular weight excluding hydrogens is 116 g/mol. The highest BCUT2D eigenvalue weighted by atomic mass is 32.2. The third kappa shape index (κ3) is 5.58. The number of rotatable bonds is 2. The van der Waals surface area contributed by atoms with Gasteiger partial charge in [-0.3, -0.25) is 5.41 Å². The minimum atomic E-state index is -1.95. The maximum absolute atomic E-state index is 9.70. The van der Waals surface area contributed by atoms with Gasteiger partial charge in [0.25, 0.3) is 0 Å². The topological polar surface area (TPSA) is 87.2 Å². The third-order valence-electron chi connectivity index (χ3n) is 0.279. The summed E-state index contributed by atoms with van der Waals surface area (Å²) < 4.78 is 17.7. The summed E-state index contributed by atoms with van der Waals surface area (Å²) in [6.07, 6.45) is 0. The molecule has 0 aliphatic rings. The second kappa shape index (κ2) is 2.70. The highest BCUT2D eigenvalue weighted by Crippen LogP contribution is 1.68. The molecule has 4 N–H and O–H groups in total. The van der Waals surface area contributed by atoms with E-state index in [1.54, 1.807) is 0 Å². The average molecular weight is 122 g/mol. The van der Waals surface area contributed by atoms with Crippen molar-refractivity contribution in [3.8, 4) is 0 Å². The van der Waals surface area contributed by atoms with Crippen molar-refractivity contribution >= 4 is 16.9 Å². The Morgan fingerprint density at radius 1 is 2.00 bits per heavy atom. The molecule has 0 heterocycles. The van der Waals surface area contributed by atoms with Gasteiger partial charge in [0.05, 0.1) is 0 Å². The first-order valence-corrected chi connectivity index (χ1v) is 2.81. The molecule has 0 bridgehead atoms. The number of hydrogen-bond acceptors (Lipinski definition) is 2. The smallest absolute Gasteiger partial charge is 0.160 e. The monoisotopic (exact) mass is 122 g/mol. The molecule has 0 aromatic carbocycles. The molecule has 0 radical (unpaired) electrons. The first kappa shape index (κ1) is 6.58. The lowest BCUT2D eigenvalue weighted by Crippen LogP contribution is -2.17. The Hall–Kier alpha value is -0.420. The van der Waals surface area contributed by atoms with Crippen LogP contribution in [0.3, 0.4) is 0 Å². The van der Waals surface area contributed by atoms with Crippen molar-refractivity contribution in [1.82, 2.24) is 0 Å². The van der Waals surface area contributed by atoms with Crippen LogP contribution >= 0.6 is 0 Å². The molecule has 42 valence electrons. The lowest BCUT2D eigenvalue weighted by Gasteiger charge is -1.86. The van der Waals surface area contributed by atoms with Crippen LogP contribution in [0.5, 0.6) is 0 Å². The summed E-state index contributed by atoms with van der Waals surface area (Å²) in [7, 11) is 0. The molecular formula is C2H6N2O2S. The van der Waals surface area contributed by atoms with Crippen LogP contribution in [-0.2, 0) is 11.1 Å². The molecule has 0 saturated carbocycles. The Morgan fingerprint density at radius 3 is 2.43 bits per heavy atom. The Labute approximate surface area is 43.5 Å². The van der Waals surface area contributed by atoms with Gasteiger partial charge in [-0.15, -0.1) is 0 Å². The summed E-state index contributed by atoms with van der Waals surface area (Å²) in [6, 6.07) is 0. The Balaban J connectivity index is 3.32. The molecule has 0 amide bonds. The maximum atomic E-state index is 9.70. The summed E-state index contributed by atoms with van der Waals surface area (Å²) in [6.45, 7) is 0. The van der Waals surface area contributed by atoms with Crippen LogP contribution in [0.1, 0.15) is 0 Å². The fourth-order valence-corrected chi connectivity index (χ4v) is 0.399. The van der Waals surface area contributed by atoms with E-state index in [1.165, 1.54) is 0 Å². The summed E-state index contributed by atoms with van der Waals surface area (Å²) in [5.41, 5.74) is 4.72. The molecule has 0 spiro atoms. The van der Waals surface area contributed by atoms with Crippen molar-refractivity contribution in [2.24, 2.45) is 5.73 Å². The lowest BCUT2D eigenvalue weighted by atomic mass is 10.7. The molecule has 0 aromatic rings. The predicted octanol–water partition coefficient (Wildman–Crippen LogP) is -0.856. The van der Waals surface area contributed by atoms with E-state index < -0.39 is 11.1 Å². The van der Waals surface area contributed by atoms with Crippen LogP contribution in [0.25, 0.3) is 0 Å². The molecule has 1 atom stereocenters. The largest absolute Gasteiger partial charge is 0.387 e. The average Bonchev–Trinajstić information content (AvgIpc) is 1.27. The second-order valence-electron chi connectivity index (χ2n) is 0.991. The van der Waals surface area contributed by atoms with Crippen molar-refractivity contribution in [1.29, 1.82) is 5.41 Å². The van der Waals surface area contributed by atoms with Gasteiger partial charge in [-0.05, 0) is 0 Å². The van der Waals surface area contributed by atoms with Crippen LogP contribution in [0.15, 0.2) is 0 Å². The Morgan fingerprint density at radius 2 is 2.43 bits per heavy atom. The van der Waals surface area contributed by atoms with Gasteiger partial charge in [0.15, 0.2) is 11.1 Å². The molecule has 1 unspecified atom stereocenters. The van der Waals surface area contributed by atoms with E-state index in [0.717, 1.165) is 0 Å². The lowest BCUT2D eigenvalue weighted by molar-refractivity contribution is 0.568. The van der Waals surface area contributed by atoms with Crippen molar-refractivity contribution in [3.63, 3.8) is 0 Å². The van der Waals surface area contributed by atoms with Gasteiger partial charge >= 0.3 is 0 Å². The zero-order valence-corrected chi connectivity index (χ0v) is 4.36. The standard InChI is InChI=1S/C2H6N2O2S/c3-2(4)1-7(5)6/h1H2,(H3,3,4)(H,5,6). The first-order chi connectivity index (χ1) is 3.13. The van der Waals surface area contributed by atoms with Gasteiger partial charge in [-0.2, -0.15) is 0 Å². The van der Waals surface area contributed by atoms with Gasteiger partial charge in [0.1, 0.15) is 11.6 Å². The summed E-state index contributed by atoms with van der Waals surface area (Å²) in [4.78, 5) is 0. The molecule has 0 fully saturated rings. The summed E-state index contributed by atoms with van der Waals surface area (Å²) >= 11 is -1.95. The van der Waals surface area contributed by atoms with E-state index in [1.807, 2.05) is 0 Å². The van der Waals surface area contributed by atoms with E-state index in [9.17, 15) is 4.21 Å². The van der Waals surface area contributed by atoms with Crippen LogP contribution in [0.2, 0.25) is 0 Å². The number of nitrogens with one attached hydrogen (secondary N) is 1. The van der Waals surface area contributed by atoms with Crippen molar-refractivity contribution in [2.75, 3.05) is 5.75 Å². The summed E-state index contributed by atoms with van der Waals surface area (Å²) in [5, 5.41) is 6.45. The van der Waals surface area contributed by atoms with Crippen LogP contribution < -0.4 is 5.73 Å². The number of hydrogen-bond donors (Lipinski definition) is 3. The van der Waals surface area contributed by atoms with E-state index in [0.29, 0.717) is 0 Å². The minimum Gasteiger partial charge on any atom is -0.387 e. The summed E-state index contributed by atoms with van der Waals surface area (Å²) in [5.74, 6) is -0.513. The molecule has 7 heavy (non-hydrogen) atoms. The molecule has 0 aromatic heterocycles. The van der Waals surface area contributed by atoms with E-state index in [4.69, 9.17) is 15.7 Å². The zero-order chi connectivity index (χ0) is 5.86. The fourth-order valence-electron chi connectivity index (χ4n) is 0.133. The molecule has 4 nitrogen and oxygen atoms in total. The Bertz CT molecular complexity index is 89.9. The van der Waals surface area contributed by atoms with Gasteiger partial charge < -0.3 is 10.3 Å². The first-order valence-electron chi connectivity index (χ1n) is 1.53. The SMILES string of the molecule is N=C(N)CS(=O)O. The second-order valence-corrected chi connectivity index (χ2v) is 1.92. The van der Waals surface area contributed by atoms with Crippen molar-refractivity contribution in [3.05, 3.63) is 0 Å².